The molecule has 6 heteroatoms. The molecule has 3 rings (SSSR count). The highest BCUT2D eigenvalue weighted by molar-refractivity contribution is 5.53. The molecule has 23 heavy (non-hydrogen) atoms. The van der Waals surface area contributed by atoms with E-state index in [1.54, 1.807) is 18.6 Å². The first kappa shape index (κ1) is 15.3. The highest BCUT2D eigenvalue weighted by Gasteiger charge is 2.12. The normalized spacial score (nSPS) is 13.7. The summed E-state index contributed by atoms with van der Waals surface area (Å²) in [6.45, 7) is 2.10. The van der Waals surface area contributed by atoms with E-state index in [0.717, 1.165) is 24.1 Å². The molecule has 0 amide bonds. The smallest absolute Gasteiger partial charge is 0.316 e. The van der Waals surface area contributed by atoms with Gasteiger partial charge < -0.3 is 10.5 Å². The standard InChI is InChI=1S/C17H21N5O/c1-12-8-20-17(21-9-12)23-11-15(18)10-22(19)16-6-5-13-3-2-4-14(13)7-16/h5-10H,2-4,11,18-19H2,1H3/b15-10-. The van der Waals surface area contributed by atoms with Crippen molar-refractivity contribution in [2.24, 2.45) is 11.6 Å². The molecule has 0 radical (unpaired) electrons. The lowest BCUT2D eigenvalue weighted by molar-refractivity contribution is 0.321. The molecule has 6 nitrogen and oxygen atoms in total. The molecule has 1 aromatic heterocycles. The summed E-state index contributed by atoms with van der Waals surface area (Å²) in [5, 5.41) is 1.52. The molecule has 0 spiro atoms. The molecule has 0 bridgehead atoms. The summed E-state index contributed by atoms with van der Waals surface area (Å²) in [6.07, 6.45) is 8.53. The molecule has 0 unspecified atom stereocenters. The second-order valence-corrected chi connectivity index (χ2v) is 5.75. The molecule has 1 aromatic carbocycles. The van der Waals surface area contributed by atoms with Gasteiger partial charge in [0.1, 0.15) is 6.61 Å². The zero-order chi connectivity index (χ0) is 16.2. The van der Waals surface area contributed by atoms with Crippen LogP contribution in [0, 0.1) is 6.92 Å². The Labute approximate surface area is 135 Å². The van der Waals surface area contributed by atoms with Crippen molar-refractivity contribution in [3.05, 3.63) is 59.2 Å². The van der Waals surface area contributed by atoms with Crippen LogP contribution in [0.15, 0.2) is 42.5 Å². The SMILES string of the molecule is Cc1cnc(OC/C(N)=C/N(N)c2ccc3c(c2)CCC3)nc1. The fraction of sp³-hybridized carbons (Fsp3) is 0.294. The lowest BCUT2D eigenvalue weighted by Gasteiger charge is -2.16. The summed E-state index contributed by atoms with van der Waals surface area (Å²) in [7, 11) is 0. The van der Waals surface area contributed by atoms with Crippen LogP contribution in [0.5, 0.6) is 6.01 Å². The average Bonchev–Trinajstić information content (AvgIpc) is 3.02. The minimum absolute atomic E-state index is 0.182. The number of anilines is 1. The number of aromatic nitrogens is 2. The summed E-state index contributed by atoms with van der Waals surface area (Å²) < 4.78 is 5.44. The topological polar surface area (TPSA) is 90.3 Å². The summed E-state index contributed by atoms with van der Waals surface area (Å²) in [6, 6.07) is 6.57. The molecule has 0 atom stereocenters. The van der Waals surface area contributed by atoms with E-state index < -0.39 is 0 Å². The number of hydrogen-bond donors (Lipinski definition) is 2. The highest BCUT2D eigenvalue weighted by Crippen LogP contribution is 2.26. The van der Waals surface area contributed by atoms with E-state index in [2.05, 4.69) is 22.1 Å². The number of nitrogens with zero attached hydrogens (tertiary/aromatic N) is 3. The van der Waals surface area contributed by atoms with E-state index in [4.69, 9.17) is 16.3 Å². The van der Waals surface area contributed by atoms with Crippen LogP contribution in [-0.4, -0.2) is 16.6 Å². The first-order valence-electron chi connectivity index (χ1n) is 7.65. The number of nitrogens with two attached hydrogens (primary N) is 2. The number of aryl methyl sites for hydroxylation is 3. The van der Waals surface area contributed by atoms with Crippen LogP contribution in [0.3, 0.4) is 0 Å². The molecule has 120 valence electrons. The van der Waals surface area contributed by atoms with Crippen LogP contribution >= 0.6 is 0 Å². The third-order valence-electron chi connectivity index (χ3n) is 3.81. The van der Waals surface area contributed by atoms with Crippen molar-refractivity contribution in [1.29, 1.82) is 0 Å². The van der Waals surface area contributed by atoms with Gasteiger partial charge >= 0.3 is 6.01 Å². The third kappa shape index (κ3) is 3.78. The molecule has 4 N–H and O–H groups in total. The zero-order valence-corrected chi connectivity index (χ0v) is 13.2. The van der Waals surface area contributed by atoms with Crippen LogP contribution in [0.2, 0.25) is 0 Å². The van der Waals surface area contributed by atoms with Gasteiger partial charge in [0.15, 0.2) is 0 Å². The predicted molar refractivity (Wildman–Crippen MR) is 89.7 cm³/mol. The van der Waals surface area contributed by atoms with Gasteiger partial charge in [0, 0.05) is 18.6 Å². The van der Waals surface area contributed by atoms with Gasteiger partial charge in [-0.15, -0.1) is 0 Å². The minimum atomic E-state index is 0.182. The van der Waals surface area contributed by atoms with Crippen LogP contribution in [0.4, 0.5) is 5.69 Å². The number of fused-ring (bicyclic) bond motifs is 1. The third-order valence-corrected chi connectivity index (χ3v) is 3.81. The lowest BCUT2D eigenvalue weighted by atomic mass is 10.1. The van der Waals surface area contributed by atoms with E-state index in [-0.39, 0.29) is 6.61 Å². The Hall–Kier alpha value is -2.60. The average molecular weight is 311 g/mol. The first-order chi connectivity index (χ1) is 11.1. The van der Waals surface area contributed by atoms with Gasteiger partial charge in [-0.1, -0.05) is 6.07 Å². The number of rotatable bonds is 5. The van der Waals surface area contributed by atoms with Gasteiger partial charge in [-0.05, 0) is 55.0 Å². The van der Waals surface area contributed by atoms with Crippen molar-refractivity contribution in [1.82, 2.24) is 9.97 Å². The van der Waals surface area contributed by atoms with Crippen molar-refractivity contribution in [2.45, 2.75) is 26.2 Å². The van der Waals surface area contributed by atoms with Crippen molar-refractivity contribution in [3.63, 3.8) is 0 Å². The van der Waals surface area contributed by atoms with Crippen LogP contribution in [0.1, 0.15) is 23.1 Å². The maximum absolute atomic E-state index is 6.07. The fourth-order valence-corrected chi connectivity index (χ4v) is 2.61. The Morgan fingerprint density at radius 3 is 2.78 bits per heavy atom. The first-order valence-corrected chi connectivity index (χ1v) is 7.65. The Kier molecular flexibility index (Phi) is 4.43. The van der Waals surface area contributed by atoms with Crippen LogP contribution in [0.25, 0.3) is 0 Å². The van der Waals surface area contributed by atoms with Crippen LogP contribution in [-0.2, 0) is 12.8 Å². The van der Waals surface area contributed by atoms with E-state index in [1.807, 2.05) is 13.0 Å². The van der Waals surface area contributed by atoms with Gasteiger partial charge in [0.2, 0.25) is 0 Å². The molecule has 0 saturated heterocycles. The summed E-state index contributed by atoms with van der Waals surface area (Å²) >= 11 is 0. The van der Waals surface area contributed by atoms with Gasteiger partial charge in [0.25, 0.3) is 0 Å². The highest BCUT2D eigenvalue weighted by atomic mass is 16.5. The largest absolute Gasteiger partial charge is 0.457 e. The Bertz CT molecular complexity index is 711. The molecule has 1 aliphatic carbocycles. The van der Waals surface area contributed by atoms with E-state index in [9.17, 15) is 0 Å². The summed E-state index contributed by atoms with van der Waals surface area (Å²) in [5.41, 5.74) is 11.1. The fourth-order valence-electron chi connectivity index (χ4n) is 2.61. The number of hydrazine groups is 1. The molecule has 0 fully saturated rings. The molecule has 1 heterocycles. The van der Waals surface area contributed by atoms with Gasteiger partial charge in [-0.25, -0.2) is 15.8 Å². The van der Waals surface area contributed by atoms with Crippen LogP contribution < -0.4 is 21.3 Å². The second kappa shape index (κ2) is 6.66. The van der Waals surface area contributed by atoms with Gasteiger partial charge in [-0.2, -0.15) is 0 Å². The zero-order valence-electron chi connectivity index (χ0n) is 13.2. The summed E-state index contributed by atoms with van der Waals surface area (Å²) in [4.78, 5) is 8.13. The monoisotopic (exact) mass is 311 g/mol. The Balaban J connectivity index is 1.62. The van der Waals surface area contributed by atoms with Crippen molar-refractivity contribution >= 4 is 5.69 Å². The van der Waals surface area contributed by atoms with Gasteiger partial charge in [0.05, 0.1) is 11.4 Å². The number of hydrogen-bond acceptors (Lipinski definition) is 6. The molecule has 0 aliphatic heterocycles. The molecular formula is C17H21N5O. The Morgan fingerprint density at radius 2 is 2.00 bits per heavy atom. The molecular weight excluding hydrogens is 290 g/mol. The van der Waals surface area contributed by atoms with E-state index in [0.29, 0.717) is 11.7 Å². The van der Waals surface area contributed by atoms with E-state index in [1.165, 1.54) is 22.6 Å². The lowest BCUT2D eigenvalue weighted by Crippen LogP contribution is -2.27. The van der Waals surface area contributed by atoms with Crippen molar-refractivity contribution in [2.75, 3.05) is 11.6 Å². The van der Waals surface area contributed by atoms with Gasteiger partial charge in [-0.3, -0.25) is 5.01 Å². The Morgan fingerprint density at radius 1 is 1.26 bits per heavy atom. The van der Waals surface area contributed by atoms with Crippen molar-refractivity contribution < 1.29 is 4.74 Å². The summed E-state index contributed by atoms with van der Waals surface area (Å²) in [5.74, 6) is 6.07. The number of benzene rings is 1. The molecule has 0 saturated carbocycles. The van der Waals surface area contributed by atoms with E-state index >= 15 is 0 Å². The minimum Gasteiger partial charge on any atom is -0.457 e. The maximum Gasteiger partial charge on any atom is 0.316 e. The maximum atomic E-state index is 6.07. The predicted octanol–water partition coefficient (Wildman–Crippen LogP) is 1.83. The molecule has 2 aromatic rings. The van der Waals surface area contributed by atoms with Crippen molar-refractivity contribution in [3.8, 4) is 6.01 Å². The quantitative estimate of drug-likeness (QED) is 0.647. The number of ether oxygens (including phenoxy) is 1. The molecule has 1 aliphatic rings. The second-order valence-electron chi connectivity index (χ2n) is 5.75.